The van der Waals surface area contributed by atoms with Gasteiger partial charge < -0.3 is 51.2 Å². The van der Waals surface area contributed by atoms with Gasteiger partial charge in [-0.05, 0) is 170 Å². The number of nitrogens with zero attached hydrogens (tertiary/aromatic N) is 2. The van der Waals surface area contributed by atoms with E-state index in [1.165, 1.54) is 135 Å². The number of alkyl carbamates (subject to hydrolysis) is 2. The number of piperazine rings is 1. The maximum absolute atomic E-state index is 13.2. The molecule has 0 radical (unpaired) electrons. The van der Waals surface area contributed by atoms with Gasteiger partial charge in [0.15, 0.2) is 0 Å². The Morgan fingerprint density at radius 1 is 0.395 bits per heavy atom. The fraction of sp³-hybridized carbons (Fsp3) is 0.857. The third kappa shape index (κ3) is 55.2. The van der Waals surface area contributed by atoms with Crippen LogP contribution < -0.4 is 31.9 Å². The van der Waals surface area contributed by atoms with E-state index in [0.29, 0.717) is 71.0 Å². The Morgan fingerprint density at radius 3 is 1.08 bits per heavy atom. The highest BCUT2D eigenvalue weighted by Crippen LogP contribution is 2.15. The quantitative estimate of drug-likeness (QED) is 0.0252. The van der Waals surface area contributed by atoms with Crippen molar-refractivity contribution in [2.45, 2.75) is 323 Å². The van der Waals surface area contributed by atoms with Crippen molar-refractivity contribution in [1.29, 1.82) is 0 Å². The Labute approximate surface area is 527 Å². The fourth-order valence-corrected chi connectivity index (χ4v) is 10.2. The summed E-state index contributed by atoms with van der Waals surface area (Å²) >= 11 is 0. The van der Waals surface area contributed by atoms with Crippen molar-refractivity contribution in [3.05, 3.63) is 24.3 Å². The van der Waals surface area contributed by atoms with Crippen LogP contribution in [0.25, 0.3) is 0 Å². The van der Waals surface area contributed by atoms with E-state index >= 15 is 0 Å². The van der Waals surface area contributed by atoms with E-state index < -0.39 is 35.5 Å². The SMILES string of the molecule is CCCCCCCC/C=C\CCCCCCCC(=O)NC(CCCCNC(=O)OC(C)(C)C)C(=O)NC.CCCCCCCC/C=C\CCCCCCCC(=O)NC(CCCCNC(=O)OC(C)(C)C)C(=O)NCCCN1CCN(CCCC)CC1. The molecule has 16 heteroatoms. The second-order valence-electron chi connectivity index (χ2n) is 26.1. The average Bonchev–Trinajstić information content (AvgIpc) is 3.68. The molecule has 2 atom stereocenters. The van der Waals surface area contributed by atoms with Crippen LogP contribution in [0.1, 0.15) is 300 Å². The van der Waals surface area contributed by atoms with Crippen LogP contribution >= 0.6 is 0 Å². The molecule has 1 rings (SSSR count). The summed E-state index contributed by atoms with van der Waals surface area (Å²) in [4.78, 5) is 79.2. The zero-order valence-electron chi connectivity index (χ0n) is 57.2. The molecule has 1 aliphatic rings. The van der Waals surface area contributed by atoms with Gasteiger partial charge in [-0.2, -0.15) is 0 Å². The minimum atomic E-state index is -0.556. The van der Waals surface area contributed by atoms with Gasteiger partial charge in [-0.1, -0.05) is 154 Å². The topological polar surface area (TPSA) is 200 Å². The fourth-order valence-electron chi connectivity index (χ4n) is 10.2. The molecule has 0 aromatic carbocycles. The summed E-state index contributed by atoms with van der Waals surface area (Å²) in [7, 11) is 1.58. The first kappa shape index (κ1) is 81.8. The molecule has 0 spiro atoms. The number of hydrogen-bond acceptors (Lipinski definition) is 10. The predicted octanol–water partition coefficient (Wildman–Crippen LogP) is 15.1. The van der Waals surface area contributed by atoms with Gasteiger partial charge in [0.05, 0.1) is 0 Å². The van der Waals surface area contributed by atoms with E-state index in [1.807, 2.05) is 41.5 Å². The molecule has 2 unspecified atom stereocenters. The maximum atomic E-state index is 13.2. The lowest BCUT2D eigenvalue weighted by Crippen LogP contribution is -2.48. The van der Waals surface area contributed by atoms with Crippen LogP contribution in [0, 0.1) is 0 Å². The van der Waals surface area contributed by atoms with Crippen molar-refractivity contribution in [2.75, 3.05) is 66.0 Å². The predicted molar refractivity (Wildman–Crippen MR) is 358 cm³/mol. The van der Waals surface area contributed by atoms with Crippen molar-refractivity contribution in [3.63, 3.8) is 0 Å². The van der Waals surface area contributed by atoms with Crippen LogP contribution in [0.5, 0.6) is 0 Å². The van der Waals surface area contributed by atoms with Crippen molar-refractivity contribution in [3.8, 4) is 0 Å². The highest BCUT2D eigenvalue weighted by atomic mass is 16.6. The molecular weight excluding hydrogens is 1080 g/mol. The Kier molecular flexibility index (Phi) is 53.4. The summed E-state index contributed by atoms with van der Waals surface area (Å²) in [5.74, 6) is -0.413. The first-order valence-electron chi connectivity index (χ1n) is 35.1. The largest absolute Gasteiger partial charge is 0.444 e. The normalized spacial score (nSPS) is 13.8. The zero-order chi connectivity index (χ0) is 63.8. The first-order chi connectivity index (χ1) is 41.3. The molecule has 6 N–H and O–H groups in total. The number of likely N-dealkylation sites (N-methyl/N-ethyl adjacent to an activating group) is 1. The molecule has 6 amide bonds. The number of carbonyl (C=O) groups is 6. The lowest BCUT2D eigenvalue weighted by Gasteiger charge is -2.34. The molecule has 1 saturated heterocycles. The third-order valence-corrected chi connectivity index (χ3v) is 15.3. The monoisotopic (exact) mass is 1220 g/mol. The number of carbonyl (C=O) groups excluding carboxylic acids is 6. The van der Waals surface area contributed by atoms with Gasteiger partial charge in [-0.15, -0.1) is 0 Å². The summed E-state index contributed by atoms with van der Waals surface area (Å²) in [6.45, 7) is 25.9. The summed E-state index contributed by atoms with van der Waals surface area (Å²) in [6, 6.07) is -1.10. The minimum absolute atomic E-state index is 0.0504. The molecule has 1 heterocycles. The molecule has 502 valence electrons. The smallest absolute Gasteiger partial charge is 0.407 e. The summed E-state index contributed by atoms with van der Waals surface area (Å²) in [5, 5.41) is 17.1. The van der Waals surface area contributed by atoms with Crippen molar-refractivity contribution in [1.82, 2.24) is 41.7 Å². The van der Waals surface area contributed by atoms with Crippen molar-refractivity contribution < 1.29 is 38.2 Å². The van der Waals surface area contributed by atoms with Crippen LogP contribution in [0.3, 0.4) is 0 Å². The molecule has 86 heavy (non-hydrogen) atoms. The molecule has 0 aliphatic carbocycles. The maximum Gasteiger partial charge on any atom is 0.407 e. The summed E-state index contributed by atoms with van der Waals surface area (Å²) in [5.41, 5.74) is -1.06. The van der Waals surface area contributed by atoms with E-state index in [0.717, 1.165) is 90.5 Å². The average molecular weight is 1220 g/mol. The molecule has 0 bridgehead atoms. The van der Waals surface area contributed by atoms with Crippen molar-refractivity contribution in [2.24, 2.45) is 0 Å². The van der Waals surface area contributed by atoms with Crippen LogP contribution in [-0.2, 0) is 28.7 Å². The number of rotatable bonds is 51. The molecule has 0 aromatic heterocycles. The number of unbranched alkanes of at least 4 members (excludes halogenated alkanes) is 25. The molecule has 1 fully saturated rings. The highest BCUT2D eigenvalue weighted by molar-refractivity contribution is 5.88. The standard InChI is InChI=1S/C40H77N5O4.C30H57N3O4/c1-6-8-10-11-12-13-14-15-16-17-18-19-20-21-22-27-37(46)43-36(26-23-24-28-42-39(48)49-40(3,4)5)38(47)41-29-25-31-45-34-32-44(33-35-45)30-9-7-2;1-6-7-8-9-10-11-12-13-14-15-16-17-18-19-20-24-27(34)33-26(28(35)31-5)23-21-22-25-32-29(36)37-30(2,3)4/h15-16,36H,6-14,17-35H2,1-5H3,(H,41,47)(H,42,48)(H,43,46);13-14,26H,6-12,15-25H2,1-5H3,(H,31,35)(H,32,36)(H,33,34)/b16-15-;14-13-. The van der Waals surface area contributed by atoms with Gasteiger partial charge in [0, 0.05) is 65.7 Å². The first-order valence-corrected chi connectivity index (χ1v) is 35.1. The summed E-state index contributed by atoms with van der Waals surface area (Å²) in [6.07, 6.45) is 48.5. The van der Waals surface area contributed by atoms with Gasteiger partial charge >= 0.3 is 12.2 Å². The van der Waals surface area contributed by atoms with Crippen molar-refractivity contribution >= 4 is 35.8 Å². The van der Waals surface area contributed by atoms with E-state index in [4.69, 9.17) is 9.47 Å². The number of hydrogen-bond donors (Lipinski definition) is 6. The van der Waals surface area contributed by atoms with Crippen LogP contribution in [0.4, 0.5) is 9.59 Å². The van der Waals surface area contributed by atoms with Crippen LogP contribution in [0.15, 0.2) is 24.3 Å². The van der Waals surface area contributed by atoms with E-state index in [2.05, 4.69) is 86.8 Å². The summed E-state index contributed by atoms with van der Waals surface area (Å²) < 4.78 is 10.5. The Hall–Kier alpha value is -4.18. The zero-order valence-corrected chi connectivity index (χ0v) is 57.2. The van der Waals surface area contributed by atoms with Gasteiger partial charge in [0.2, 0.25) is 23.6 Å². The van der Waals surface area contributed by atoms with Gasteiger partial charge in [-0.25, -0.2) is 9.59 Å². The number of nitrogens with one attached hydrogen (secondary N) is 6. The van der Waals surface area contributed by atoms with E-state index in [-0.39, 0.29) is 23.6 Å². The molecular formula is C70H134N8O8. The second kappa shape index (κ2) is 56.1. The van der Waals surface area contributed by atoms with Crippen LogP contribution in [0.2, 0.25) is 0 Å². The number of allylic oxidation sites excluding steroid dienone is 4. The van der Waals surface area contributed by atoms with Crippen LogP contribution in [-0.4, -0.2) is 135 Å². The van der Waals surface area contributed by atoms with E-state index in [9.17, 15) is 28.8 Å². The van der Waals surface area contributed by atoms with Gasteiger partial charge in [0.25, 0.3) is 0 Å². The Morgan fingerprint density at radius 2 is 0.721 bits per heavy atom. The number of amides is 6. The highest BCUT2D eigenvalue weighted by Gasteiger charge is 2.23. The Bertz CT molecular complexity index is 1740. The second-order valence-corrected chi connectivity index (χ2v) is 26.1. The molecule has 1 aliphatic heterocycles. The van der Waals surface area contributed by atoms with E-state index in [1.54, 1.807) is 7.05 Å². The molecule has 16 nitrogen and oxygen atoms in total. The van der Waals surface area contributed by atoms with Gasteiger partial charge in [-0.3, -0.25) is 19.2 Å². The lowest BCUT2D eigenvalue weighted by atomic mass is 10.1. The Balaban J connectivity index is 0.00000175. The molecule has 0 aromatic rings. The number of ether oxygens (including phenoxy) is 2. The van der Waals surface area contributed by atoms with Gasteiger partial charge in [0.1, 0.15) is 23.3 Å². The minimum Gasteiger partial charge on any atom is -0.444 e. The lowest BCUT2D eigenvalue weighted by molar-refractivity contribution is -0.129. The third-order valence-electron chi connectivity index (χ3n) is 15.3. The molecule has 0 saturated carbocycles.